The van der Waals surface area contributed by atoms with E-state index < -0.39 is 0 Å². The van der Waals surface area contributed by atoms with Crippen molar-refractivity contribution >= 4 is 50.3 Å². The molecule has 10 nitrogen and oxygen atoms in total. The van der Waals surface area contributed by atoms with Crippen LogP contribution in [0.5, 0.6) is 11.5 Å². The Hall–Kier alpha value is -4.42. The second-order valence-electron chi connectivity index (χ2n) is 8.15. The Morgan fingerprint density at radius 3 is 2.49 bits per heavy atom. The summed E-state index contributed by atoms with van der Waals surface area (Å²) in [5.41, 5.74) is 2.07. The van der Waals surface area contributed by atoms with Gasteiger partial charge in [-0.05, 0) is 42.5 Å². The van der Waals surface area contributed by atoms with Crippen LogP contribution in [0.3, 0.4) is 0 Å². The minimum absolute atomic E-state index is 0.110. The average Bonchev–Trinajstić information content (AvgIpc) is 3.58. The Balaban J connectivity index is 1.29. The van der Waals surface area contributed by atoms with Crippen molar-refractivity contribution in [1.29, 1.82) is 0 Å². The van der Waals surface area contributed by atoms with Gasteiger partial charge in [-0.1, -0.05) is 53.4 Å². The SMILES string of the molecule is COc1ccc(C(=O)NCc2nnc(SCC(=O)Nc3nc4ccccc4s3)n2-c2ccccc2)cc1OC. The van der Waals surface area contributed by atoms with Crippen molar-refractivity contribution in [3.63, 3.8) is 0 Å². The van der Waals surface area contributed by atoms with Crippen molar-refractivity contribution < 1.29 is 19.1 Å². The summed E-state index contributed by atoms with van der Waals surface area (Å²) in [7, 11) is 3.05. The van der Waals surface area contributed by atoms with E-state index >= 15 is 0 Å². The number of nitrogens with zero attached hydrogens (tertiary/aromatic N) is 4. The van der Waals surface area contributed by atoms with E-state index in [2.05, 4.69) is 25.8 Å². The molecule has 12 heteroatoms. The average molecular weight is 561 g/mol. The number of carbonyl (C=O) groups is 2. The highest BCUT2D eigenvalue weighted by atomic mass is 32.2. The van der Waals surface area contributed by atoms with Crippen molar-refractivity contribution in [1.82, 2.24) is 25.1 Å². The molecule has 0 aliphatic rings. The number of carbonyl (C=O) groups excluding carboxylic acids is 2. The van der Waals surface area contributed by atoms with Gasteiger partial charge in [0.1, 0.15) is 0 Å². The van der Waals surface area contributed by atoms with E-state index in [1.165, 1.54) is 37.3 Å². The molecular formula is C27H24N6O4S2. The molecule has 2 N–H and O–H groups in total. The number of rotatable bonds is 10. The molecule has 0 atom stereocenters. The van der Waals surface area contributed by atoms with Crippen LogP contribution in [-0.4, -0.2) is 51.5 Å². The number of amides is 2. The fourth-order valence-corrected chi connectivity index (χ4v) is 5.45. The number of thioether (sulfide) groups is 1. The Bertz CT molecular complexity index is 1590. The first-order chi connectivity index (χ1) is 19.1. The lowest BCUT2D eigenvalue weighted by Gasteiger charge is -2.12. The van der Waals surface area contributed by atoms with Gasteiger partial charge in [0.05, 0.1) is 36.7 Å². The molecule has 0 fully saturated rings. The zero-order chi connectivity index (χ0) is 27.2. The molecule has 3 aromatic carbocycles. The summed E-state index contributed by atoms with van der Waals surface area (Å²) < 4.78 is 13.4. The lowest BCUT2D eigenvalue weighted by atomic mass is 10.2. The molecule has 5 rings (SSSR count). The minimum atomic E-state index is -0.303. The number of ether oxygens (including phenoxy) is 2. The third kappa shape index (κ3) is 6.02. The maximum Gasteiger partial charge on any atom is 0.251 e. The van der Waals surface area contributed by atoms with Gasteiger partial charge in [-0.25, -0.2) is 4.98 Å². The molecule has 0 unspecified atom stereocenters. The second-order valence-corrected chi connectivity index (χ2v) is 10.1. The zero-order valence-corrected chi connectivity index (χ0v) is 22.7. The lowest BCUT2D eigenvalue weighted by molar-refractivity contribution is -0.113. The third-order valence-corrected chi connectivity index (χ3v) is 7.52. The molecule has 0 radical (unpaired) electrons. The van der Waals surface area contributed by atoms with Crippen molar-refractivity contribution in [3.8, 4) is 17.2 Å². The molecule has 2 amide bonds. The molecule has 0 spiro atoms. The molecule has 0 aliphatic carbocycles. The monoisotopic (exact) mass is 560 g/mol. The summed E-state index contributed by atoms with van der Waals surface area (Å²) in [6.07, 6.45) is 0. The van der Waals surface area contributed by atoms with Gasteiger partial charge in [0.15, 0.2) is 27.6 Å². The normalized spacial score (nSPS) is 10.8. The van der Waals surface area contributed by atoms with Crippen molar-refractivity contribution in [2.45, 2.75) is 11.7 Å². The predicted molar refractivity (Wildman–Crippen MR) is 151 cm³/mol. The van der Waals surface area contributed by atoms with Crippen LogP contribution in [-0.2, 0) is 11.3 Å². The maximum absolute atomic E-state index is 12.9. The summed E-state index contributed by atoms with van der Waals surface area (Å²) in [4.78, 5) is 30.0. The Kier molecular flexibility index (Phi) is 8.04. The van der Waals surface area contributed by atoms with E-state index in [4.69, 9.17) is 9.47 Å². The fraction of sp³-hybridized carbons (Fsp3) is 0.148. The van der Waals surface area contributed by atoms with E-state index in [0.29, 0.717) is 33.2 Å². The number of benzene rings is 3. The fourth-order valence-electron chi connectivity index (χ4n) is 3.79. The molecule has 0 bridgehead atoms. The van der Waals surface area contributed by atoms with Crippen LogP contribution in [0.4, 0.5) is 5.13 Å². The van der Waals surface area contributed by atoms with Crippen molar-refractivity contribution in [2.75, 3.05) is 25.3 Å². The standard InChI is InChI=1S/C27H24N6O4S2/c1-36-20-13-12-17(14-21(20)37-2)25(35)28-15-23-31-32-27(33(23)18-8-4-3-5-9-18)38-16-24(34)30-26-29-19-10-6-7-11-22(19)39-26/h3-14H,15-16H2,1-2H3,(H,28,35)(H,29,30,34). The van der Waals surface area contributed by atoms with Crippen LogP contribution in [0.2, 0.25) is 0 Å². The van der Waals surface area contributed by atoms with E-state index in [1.54, 1.807) is 18.2 Å². The van der Waals surface area contributed by atoms with Gasteiger partial charge < -0.3 is 20.1 Å². The smallest absolute Gasteiger partial charge is 0.251 e. The van der Waals surface area contributed by atoms with E-state index in [0.717, 1.165) is 15.9 Å². The lowest BCUT2D eigenvalue weighted by Crippen LogP contribution is -2.24. The van der Waals surface area contributed by atoms with Crippen LogP contribution in [0.25, 0.3) is 15.9 Å². The Morgan fingerprint density at radius 2 is 1.72 bits per heavy atom. The van der Waals surface area contributed by atoms with Crippen LogP contribution in [0.15, 0.2) is 78.0 Å². The highest BCUT2D eigenvalue weighted by Crippen LogP contribution is 2.28. The Morgan fingerprint density at radius 1 is 0.949 bits per heavy atom. The van der Waals surface area contributed by atoms with E-state index in [-0.39, 0.29) is 24.1 Å². The third-order valence-electron chi connectivity index (χ3n) is 5.64. The number of hydrogen-bond donors (Lipinski definition) is 2. The number of aromatic nitrogens is 4. The summed E-state index contributed by atoms with van der Waals surface area (Å²) >= 11 is 2.67. The largest absolute Gasteiger partial charge is 0.493 e. The highest BCUT2D eigenvalue weighted by Gasteiger charge is 2.18. The number of thiazole rings is 1. The van der Waals surface area contributed by atoms with Gasteiger partial charge in [0.2, 0.25) is 5.91 Å². The Labute approximate surface area is 232 Å². The number of anilines is 1. The van der Waals surface area contributed by atoms with Gasteiger partial charge in [-0.3, -0.25) is 14.2 Å². The van der Waals surface area contributed by atoms with Crippen molar-refractivity contribution in [2.24, 2.45) is 0 Å². The zero-order valence-electron chi connectivity index (χ0n) is 21.1. The topological polar surface area (TPSA) is 120 Å². The summed E-state index contributed by atoms with van der Waals surface area (Å²) in [6, 6.07) is 22.2. The van der Waals surface area contributed by atoms with Crippen LogP contribution >= 0.6 is 23.1 Å². The molecule has 0 saturated carbocycles. The molecule has 0 saturated heterocycles. The molecule has 0 aliphatic heterocycles. The van der Waals surface area contributed by atoms with Gasteiger partial charge in [-0.2, -0.15) is 0 Å². The molecule has 5 aromatic rings. The van der Waals surface area contributed by atoms with E-state index in [1.807, 2.05) is 59.2 Å². The first-order valence-electron chi connectivity index (χ1n) is 11.8. The maximum atomic E-state index is 12.9. The molecule has 198 valence electrons. The quantitative estimate of drug-likeness (QED) is 0.239. The highest BCUT2D eigenvalue weighted by molar-refractivity contribution is 7.99. The minimum Gasteiger partial charge on any atom is -0.493 e. The second kappa shape index (κ2) is 12.0. The summed E-state index contributed by atoms with van der Waals surface area (Å²) in [5, 5.41) is 15.4. The first-order valence-corrected chi connectivity index (χ1v) is 13.6. The van der Waals surface area contributed by atoms with Gasteiger partial charge in [0, 0.05) is 11.3 Å². The number of fused-ring (bicyclic) bond motifs is 1. The van der Waals surface area contributed by atoms with Crippen molar-refractivity contribution in [3.05, 3.63) is 84.2 Å². The number of methoxy groups -OCH3 is 2. The molecule has 39 heavy (non-hydrogen) atoms. The van der Waals surface area contributed by atoms with Crippen LogP contribution in [0.1, 0.15) is 16.2 Å². The predicted octanol–water partition coefficient (Wildman–Crippen LogP) is 4.56. The van der Waals surface area contributed by atoms with Crippen LogP contribution in [0, 0.1) is 0 Å². The number of para-hydroxylation sites is 2. The van der Waals surface area contributed by atoms with E-state index in [9.17, 15) is 9.59 Å². The molecular weight excluding hydrogens is 536 g/mol. The molecule has 2 aromatic heterocycles. The van der Waals surface area contributed by atoms with Gasteiger partial charge >= 0.3 is 0 Å². The molecule has 2 heterocycles. The first kappa shape index (κ1) is 26.2. The van der Waals surface area contributed by atoms with Gasteiger partial charge in [0.25, 0.3) is 5.91 Å². The number of nitrogens with one attached hydrogen (secondary N) is 2. The van der Waals surface area contributed by atoms with Gasteiger partial charge in [-0.15, -0.1) is 10.2 Å². The number of hydrogen-bond acceptors (Lipinski definition) is 9. The summed E-state index contributed by atoms with van der Waals surface area (Å²) in [6.45, 7) is 0.119. The summed E-state index contributed by atoms with van der Waals surface area (Å²) in [5.74, 6) is 1.11. The van der Waals surface area contributed by atoms with Crippen LogP contribution < -0.4 is 20.1 Å².